The Morgan fingerprint density at radius 2 is 1.94 bits per heavy atom. The van der Waals surface area contributed by atoms with Crippen molar-refractivity contribution in [2.75, 3.05) is 18.0 Å². The first kappa shape index (κ1) is 21.1. The first-order valence-corrected chi connectivity index (χ1v) is 11.9. The van der Waals surface area contributed by atoms with Gasteiger partial charge >= 0.3 is 0 Å². The molecule has 33 heavy (non-hydrogen) atoms. The number of hydrogen-bond acceptors (Lipinski definition) is 6. The monoisotopic (exact) mass is 462 g/mol. The molecule has 3 aromatic rings. The van der Waals surface area contributed by atoms with Crippen LogP contribution in [0.4, 0.5) is 11.5 Å². The van der Waals surface area contributed by atoms with E-state index in [-0.39, 0.29) is 17.4 Å². The quantitative estimate of drug-likeness (QED) is 0.542. The molecule has 2 aromatic carbocycles. The third-order valence-electron chi connectivity index (χ3n) is 7.67. The van der Waals surface area contributed by atoms with Crippen molar-refractivity contribution >= 4 is 23.1 Å². The molecule has 0 amide bonds. The van der Waals surface area contributed by atoms with E-state index >= 15 is 0 Å². The van der Waals surface area contributed by atoms with Gasteiger partial charge in [0.05, 0.1) is 17.9 Å². The van der Waals surface area contributed by atoms with E-state index in [0.717, 1.165) is 47.8 Å². The standard InChI is InChI=1S/C26H27ClN4O2/c1-15-10-21(32)23-22(15)25(30-14-29-23)31-13-26(18-4-2-3-5-20(18)31)11-19(28-12-26)24(33)16-6-8-17(27)9-7-16/h2-9,14-15,19,21,24,28,32-33H,10-13H2,1H3/t15-,19+,21-,24-,26+/m1/s1. The smallest absolute Gasteiger partial charge is 0.140 e. The van der Waals surface area contributed by atoms with Crippen LogP contribution in [0.15, 0.2) is 54.9 Å². The molecular formula is C26H27ClN4O2. The number of fused-ring (bicyclic) bond motifs is 3. The number of anilines is 2. The minimum Gasteiger partial charge on any atom is -0.387 e. The number of nitrogens with one attached hydrogen (secondary N) is 1. The third-order valence-corrected chi connectivity index (χ3v) is 7.92. The second kappa shape index (κ2) is 7.77. The molecule has 0 radical (unpaired) electrons. The van der Waals surface area contributed by atoms with Crippen LogP contribution in [0.2, 0.25) is 5.02 Å². The zero-order valence-electron chi connectivity index (χ0n) is 18.4. The zero-order valence-corrected chi connectivity index (χ0v) is 19.2. The van der Waals surface area contributed by atoms with Crippen LogP contribution in [0, 0.1) is 0 Å². The Kier molecular flexibility index (Phi) is 4.96. The first-order valence-electron chi connectivity index (χ1n) is 11.5. The molecule has 3 heterocycles. The van der Waals surface area contributed by atoms with Crippen molar-refractivity contribution in [3.05, 3.63) is 82.3 Å². The van der Waals surface area contributed by atoms with Gasteiger partial charge in [-0.15, -0.1) is 0 Å². The summed E-state index contributed by atoms with van der Waals surface area (Å²) < 4.78 is 0. The topological polar surface area (TPSA) is 81.5 Å². The lowest BCUT2D eigenvalue weighted by Gasteiger charge is -2.27. The summed E-state index contributed by atoms with van der Waals surface area (Å²) in [5, 5.41) is 25.9. The summed E-state index contributed by atoms with van der Waals surface area (Å²) in [7, 11) is 0. The highest BCUT2D eigenvalue weighted by Crippen LogP contribution is 2.52. The number of nitrogens with zero attached hydrogens (tertiary/aromatic N) is 3. The molecular weight excluding hydrogens is 436 g/mol. The van der Waals surface area contributed by atoms with E-state index in [9.17, 15) is 10.2 Å². The minimum absolute atomic E-state index is 0.0592. The van der Waals surface area contributed by atoms with Crippen LogP contribution in [0.1, 0.15) is 60.3 Å². The molecule has 0 saturated carbocycles. The maximum Gasteiger partial charge on any atom is 0.140 e. The van der Waals surface area contributed by atoms with Crippen molar-refractivity contribution in [1.82, 2.24) is 15.3 Å². The van der Waals surface area contributed by atoms with Gasteiger partial charge in [-0.3, -0.25) is 0 Å². The molecule has 2 aliphatic heterocycles. The van der Waals surface area contributed by atoms with Crippen LogP contribution in [0.3, 0.4) is 0 Å². The van der Waals surface area contributed by atoms with Crippen molar-refractivity contribution < 1.29 is 10.2 Å². The maximum absolute atomic E-state index is 11.1. The van der Waals surface area contributed by atoms with Crippen LogP contribution < -0.4 is 10.2 Å². The maximum atomic E-state index is 11.1. The highest BCUT2D eigenvalue weighted by Gasteiger charge is 2.50. The lowest BCUT2D eigenvalue weighted by molar-refractivity contribution is 0.135. The largest absolute Gasteiger partial charge is 0.387 e. The summed E-state index contributed by atoms with van der Waals surface area (Å²) in [4.78, 5) is 11.4. The number of aliphatic hydroxyl groups is 2. The van der Waals surface area contributed by atoms with Crippen molar-refractivity contribution in [1.29, 1.82) is 0 Å². The van der Waals surface area contributed by atoms with E-state index in [1.807, 2.05) is 24.3 Å². The third kappa shape index (κ3) is 3.28. The predicted octanol–water partition coefficient (Wildman–Crippen LogP) is 4.16. The van der Waals surface area contributed by atoms with Crippen molar-refractivity contribution in [2.45, 2.75) is 49.3 Å². The fourth-order valence-corrected chi connectivity index (χ4v) is 6.20. The number of aromatic nitrogens is 2. The summed E-state index contributed by atoms with van der Waals surface area (Å²) in [6, 6.07) is 15.9. The van der Waals surface area contributed by atoms with Crippen LogP contribution >= 0.6 is 11.6 Å². The van der Waals surface area contributed by atoms with E-state index in [2.05, 4.69) is 46.4 Å². The summed E-state index contributed by atoms with van der Waals surface area (Å²) in [6.45, 7) is 3.69. The molecule has 170 valence electrons. The second-order valence-corrected chi connectivity index (χ2v) is 10.2. The molecule has 1 spiro atoms. The Morgan fingerprint density at radius 3 is 2.76 bits per heavy atom. The molecule has 7 heteroatoms. The highest BCUT2D eigenvalue weighted by atomic mass is 35.5. The van der Waals surface area contributed by atoms with Gasteiger partial charge in [0.2, 0.25) is 0 Å². The Morgan fingerprint density at radius 1 is 1.15 bits per heavy atom. The average molecular weight is 463 g/mol. The molecule has 1 fully saturated rings. The predicted molar refractivity (Wildman–Crippen MR) is 128 cm³/mol. The summed E-state index contributed by atoms with van der Waals surface area (Å²) in [5.74, 6) is 1.10. The average Bonchev–Trinajstić information content (AvgIpc) is 3.49. The lowest BCUT2D eigenvalue weighted by Crippen LogP contribution is -2.34. The zero-order chi connectivity index (χ0) is 22.7. The normalized spacial score (nSPS) is 28.8. The Labute approximate surface area is 198 Å². The fourth-order valence-electron chi connectivity index (χ4n) is 6.07. The van der Waals surface area contributed by atoms with Gasteiger partial charge in [0.15, 0.2) is 0 Å². The van der Waals surface area contributed by atoms with E-state index in [0.29, 0.717) is 11.4 Å². The molecule has 0 bridgehead atoms. The molecule has 1 aromatic heterocycles. The number of para-hydroxylation sites is 1. The number of benzene rings is 2. The number of rotatable bonds is 3. The number of halogens is 1. The molecule has 6 nitrogen and oxygen atoms in total. The van der Waals surface area contributed by atoms with Gasteiger partial charge in [0.1, 0.15) is 12.1 Å². The SMILES string of the molecule is C[C@@H]1C[C@@H](O)c2ncnc(N3C[C@]4(CN[C@H]([C@H](O)c5ccc(Cl)cc5)C4)c4ccccc43)c21. The van der Waals surface area contributed by atoms with Gasteiger partial charge in [0, 0.05) is 40.8 Å². The van der Waals surface area contributed by atoms with E-state index in [1.54, 1.807) is 6.33 Å². The molecule has 5 atom stereocenters. The molecule has 0 unspecified atom stereocenters. The first-order chi connectivity index (χ1) is 16.0. The van der Waals surface area contributed by atoms with Crippen molar-refractivity contribution in [3.63, 3.8) is 0 Å². The highest BCUT2D eigenvalue weighted by molar-refractivity contribution is 6.30. The van der Waals surface area contributed by atoms with E-state index in [4.69, 9.17) is 16.6 Å². The van der Waals surface area contributed by atoms with Crippen molar-refractivity contribution in [3.8, 4) is 0 Å². The molecule has 3 aliphatic rings. The molecule has 3 N–H and O–H groups in total. The second-order valence-electron chi connectivity index (χ2n) is 9.72. The lowest BCUT2D eigenvalue weighted by atomic mass is 9.79. The van der Waals surface area contributed by atoms with Crippen LogP contribution in [0.25, 0.3) is 0 Å². The van der Waals surface area contributed by atoms with E-state index in [1.165, 1.54) is 5.56 Å². The number of hydrogen-bond donors (Lipinski definition) is 3. The van der Waals surface area contributed by atoms with Crippen LogP contribution in [0.5, 0.6) is 0 Å². The Hall–Kier alpha value is -2.51. The van der Waals surface area contributed by atoms with Gasteiger partial charge in [-0.1, -0.05) is 48.9 Å². The van der Waals surface area contributed by atoms with Gasteiger partial charge in [-0.05, 0) is 48.1 Å². The van der Waals surface area contributed by atoms with Gasteiger partial charge in [-0.2, -0.15) is 0 Å². The van der Waals surface area contributed by atoms with Gasteiger partial charge in [-0.25, -0.2) is 9.97 Å². The Bertz CT molecular complexity index is 1200. The molecule has 1 aliphatic carbocycles. The van der Waals surface area contributed by atoms with Gasteiger partial charge in [0.25, 0.3) is 0 Å². The summed E-state index contributed by atoms with van der Waals surface area (Å²) >= 11 is 6.04. The summed E-state index contributed by atoms with van der Waals surface area (Å²) in [5.41, 5.74) is 4.98. The number of aliphatic hydroxyl groups excluding tert-OH is 2. The van der Waals surface area contributed by atoms with Gasteiger partial charge < -0.3 is 20.4 Å². The fraction of sp³-hybridized carbons (Fsp3) is 0.385. The Balaban J connectivity index is 1.35. The summed E-state index contributed by atoms with van der Waals surface area (Å²) in [6.07, 6.45) is 1.93. The van der Waals surface area contributed by atoms with Crippen LogP contribution in [-0.4, -0.2) is 39.3 Å². The minimum atomic E-state index is -0.610. The molecule has 6 rings (SSSR count). The van der Waals surface area contributed by atoms with E-state index < -0.39 is 12.2 Å². The van der Waals surface area contributed by atoms with Crippen LogP contribution in [-0.2, 0) is 5.41 Å². The molecule has 1 saturated heterocycles. The van der Waals surface area contributed by atoms with Crippen molar-refractivity contribution in [2.24, 2.45) is 0 Å².